The summed E-state index contributed by atoms with van der Waals surface area (Å²) < 4.78 is 32.6. The fourth-order valence-corrected chi connectivity index (χ4v) is 3.24. The highest BCUT2D eigenvalue weighted by Crippen LogP contribution is 2.34. The molecule has 3 nitrogen and oxygen atoms in total. The summed E-state index contributed by atoms with van der Waals surface area (Å²) in [6.45, 7) is 13.2. The molecule has 31 heavy (non-hydrogen) atoms. The molecule has 5 heteroatoms. The number of nitrogens with zero attached hydrogens (tertiary/aromatic N) is 1. The molecule has 1 aliphatic rings. The highest BCUT2D eigenvalue weighted by Gasteiger charge is 2.26. The molecule has 170 valence electrons. The number of rotatable bonds is 5. The first-order valence-electron chi connectivity index (χ1n) is 10.8. The number of carbonyl (C=O) groups excluding carboxylic acids is 1. The molecule has 1 heterocycles. The molecule has 1 saturated heterocycles. The minimum atomic E-state index is -0.704. The predicted octanol–water partition coefficient (Wildman–Crippen LogP) is 7.43. The van der Waals surface area contributed by atoms with Gasteiger partial charge in [0.1, 0.15) is 18.1 Å². The van der Waals surface area contributed by atoms with Gasteiger partial charge in [0.25, 0.3) is 0 Å². The van der Waals surface area contributed by atoms with Crippen LogP contribution in [0, 0.1) is 0 Å². The van der Waals surface area contributed by atoms with Gasteiger partial charge in [-0.15, -0.1) is 0 Å². The lowest BCUT2D eigenvalue weighted by atomic mass is 9.87. The lowest BCUT2D eigenvalue weighted by Crippen LogP contribution is -2.40. The minimum Gasteiger partial charge on any atom is -0.444 e. The quantitative estimate of drug-likeness (QED) is 0.454. The van der Waals surface area contributed by atoms with E-state index in [0.717, 1.165) is 22.8 Å². The molecule has 1 amide bonds. The molecule has 0 aliphatic carbocycles. The molecule has 0 N–H and O–H groups in total. The number of hydrogen-bond donors (Lipinski definition) is 0. The second kappa shape index (κ2) is 12.9. The lowest BCUT2D eigenvalue weighted by Gasteiger charge is -2.32. The Kier molecular flexibility index (Phi) is 10.9. The van der Waals surface area contributed by atoms with E-state index < -0.39 is 18.1 Å². The monoisotopic (exact) mass is 431 g/mol. The largest absolute Gasteiger partial charge is 0.444 e. The van der Waals surface area contributed by atoms with E-state index >= 15 is 0 Å². The van der Waals surface area contributed by atoms with Crippen molar-refractivity contribution in [1.29, 1.82) is 0 Å². The molecule has 1 aliphatic heterocycles. The lowest BCUT2D eigenvalue weighted by molar-refractivity contribution is 0.0236. The van der Waals surface area contributed by atoms with Crippen LogP contribution in [0.2, 0.25) is 0 Å². The topological polar surface area (TPSA) is 29.5 Å². The van der Waals surface area contributed by atoms with Gasteiger partial charge in [0.2, 0.25) is 0 Å². The minimum absolute atomic E-state index is 0.338. The first kappa shape index (κ1) is 26.3. The maximum absolute atomic E-state index is 14.0. The molecule has 1 aromatic rings. The number of ether oxygens (including phenoxy) is 1. The van der Waals surface area contributed by atoms with Gasteiger partial charge in [-0.2, -0.15) is 0 Å². The van der Waals surface area contributed by atoms with E-state index in [2.05, 4.69) is 6.58 Å². The molecule has 0 radical (unpaired) electrons. The fourth-order valence-electron chi connectivity index (χ4n) is 3.24. The molecule has 0 saturated carbocycles. The zero-order valence-corrected chi connectivity index (χ0v) is 19.4. The van der Waals surface area contributed by atoms with Crippen molar-refractivity contribution in [3.05, 3.63) is 77.7 Å². The summed E-state index contributed by atoms with van der Waals surface area (Å²) in [7, 11) is 0. The Morgan fingerprint density at radius 3 is 2.23 bits per heavy atom. The Morgan fingerprint density at radius 1 is 1.16 bits per heavy atom. The summed E-state index contributed by atoms with van der Waals surface area (Å²) in [6.07, 6.45) is 4.66. The van der Waals surface area contributed by atoms with Crippen molar-refractivity contribution in [2.45, 2.75) is 53.1 Å². The van der Waals surface area contributed by atoms with Gasteiger partial charge >= 0.3 is 6.09 Å². The first-order valence-corrected chi connectivity index (χ1v) is 10.8. The number of benzene rings is 1. The Hall–Kier alpha value is -2.69. The number of carbonyl (C=O) groups is 1. The van der Waals surface area contributed by atoms with Crippen LogP contribution in [-0.4, -0.2) is 36.4 Å². The summed E-state index contributed by atoms with van der Waals surface area (Å²) in [4.78, 5) is 14.0. The van der Waals surface area contributed by atoms with Crippen molar-refractivity contribution in [3.63, 3.8) is 0 Å². The van der Waals surface area contributed by atoms with E-state index in [1.54, 1.807) is 4.90 Å². The van der Waals surface area contributed by atoms with Crippen LogP contribution in [0.4, 0.5) is 13.6 Å². The van der Waals surface area contributed by atoms with Crippen LogP contribution in [-0.2, 0) is 4.74 Å². The number of hydrogen-bond acceptors (Lipinski definition) is 2. The summed E-state index contributed by atoms with van der Waals surface area (Å²) in [5.41, 5.74) is 2.69. The molecule has 2 rings (SSSR count). The van der Waals surface area contributed by atoms with Crippen molar-refractivity contribution in [1.82, 2.24) is 4.90 Å². The van der Waals surface area contributed by atoms with Crippen LogP contribution < -0.4 is 0 Å². The van der Waals surface area contributed by atoms with Gasteiger partial charge in [0.15, 0.2) is 0 Å². The average molecular weight is 432 g/mol. The van der Waals surface area contributed by atoms with Gasteiger partial charge in [0.05, 0.1) is 0 Å². The van der Waals surface area contributed by atoms with Crippen LogP contribution in [0.25, 0.3) is 5.57 Å². The summed E-state index contributed by atoms with van der Waals surface area (Å²) in [6, 6.07) is 9.54. The van der Waals surface area contributed by atoms with E-state index in [-0.39, 0.29) is 6.09 Å². The summed E-state index contributed by atoms with van der Waals surface area (Å²) >= 11 is 0. The van der Waals surface area contributed by atoms with Gasteiger partial charge < -0.3 is 9.64 Å². The Morgan fingerprint density at radius 2 is 1.74 bits per heavy atom. The smallest absolute Gasteiger partial charge is 0.410 e. The highest BCUT2D eigenvalue weighted by atomic mass is 19.1. The van der Waals surface area contributed by atoms with Crippen LogP contribution in [0.1, 0.15) is 53.0 Å². The van der Waals surface area contributed by atoms with Crippen molar-refractivity contribution >= 4 is 11.7 Å². The zero-order valence-electron chi connectivity index (χ0n) is 19.4. The molecular formula is C26H35F2NO2. The summed E-state index contributed by atoms with van der Waals surface area (Å²) in [5, 5.41) is 0. The van der Waals surface area contributed by atoms with E-state index in [1.165, 1.54) is 12.2 Å². The molecule has 0 unspecified atom stereocenters. The predicted molar refractivity (Wildman–Crippen MR) is 125 cm³/mol. The Balaban J connectivity index is 0.00000233. The SMILES string of the molecule is C=C/C(F)=C\C(=C/CF)C(=C1CCN(C(=O)OC(C)(C)C)CC1)c1ccccc1.CC. The maximum atomic E-state index is 14.0. The van der Waals surface area contributed by atoms with Crippen molar-refractivity contribution in [2.24, 2.45) is 0 Å². The van der Waals surface area contributed by atoms with Crippen molar-refractivity contribution < 1.29 is 18.3 Å². The summed E-state index contributed by atoms with van der Waals surface area (Å²) in [5.74, 6) is -0.523. The molecule has 0 spiro atoms. The molecule has 0 bridgehead atoms. The number of allylic oxidation sites excluding steroid dienone is 6. The van der Waals surface area contributed by atoms with Gasteiger partial charge in [0, 0.05) is 13.1 Å². The number of halogens is 2. The fraction of sp³-hybridized carbons (Fsp3) is 0.423. The van der Waals surface area contributed by atoms with E-state index in [4.69, 9.17) is 4.74 Å². The molecule has 1 fully saturated rings. The highest BCUT2D eigenvalue weighted by molar-refractivity contribution is 5.84. The number of piperidine rings is 1. The van der Waals surface area contributed by atoms with Gasteiger partial charge in [-0.3, -0.25) is 0 Å². The van der Waals surface area contributed by atoms with Gasteiger partial charge in [-0.25, -0.2) is 13.6 Å². The second-order valence-electron chi connectivity index (χ2n) is 7.86. The van der Waals surface area contributed by atoms with Crippen LogP contribution in [0.5, 0.6) is 0 Å². The normalized spacial score (nSPS) is 15.1. The zero-order chi connectivity index (χ0) is 23.4. The molecule has 1 aromatic carbocycles. The Bertz CT molecular complexity index is 808. The second-order valence-corrected chi connectivity index (χ2v) is 7.86. The third kappa shape index (κ3) is 8.52. The average Bonchev–Trinajstić information content (AvgIpc) is 2.75. The standard InChI is InChI=1S/C24H29F2NO2.C2H6/c1-5-21(26)17-20(11-14-25)22(18-9-7-6-8-10-18)19-12-15-27(16-13-19)23(28)29-24(2,3)4;1-2/h5-11,17H,1,12-16H2,2-4H3;1-2H3/b20-11+,21-17+;. The molecular weight excluding hydrogens is 396 g/mol. The third-order valence-electron chi connectivity index (χ3n) is 4.51. The van der Waals surface area contributed by atoms with Gasteiger partial charge in [-0.1, -0.05) is 56.3 Å². The van der Waals surface area contributed by atoms with E-state index in [1.807, 2.05) is 65.0 Å². The number of alkyl halides is 1. The van der Waals surface area contributed by atoms with E-state index in [0.29, 0.717) is 31.5 Å². The van der Waals surface area contributed by atoms with Crippen molar-refractivity contribution in [3.8, 4) is 0 Å². The van der Waals surface area contributed by atoms with Crippen LogP contribution in [0.3, 0.4) is 0 Å². The first-order chi connectivity index (χ1) is 14.7. The third-order valence-corrected chi connectivity index (χ3v) is 4.51. The Labute approximate surface area is 185 Å². The van der Waals surface area contributed by atoms with E-state index in [9.17, 15) is 13.6 Å². The van der Waals surface area contributed by atoms with Crippen LogP contribution in [0.15, 0.2) is 72.1 Å². The molecule has 0 aromatic heterocycles. The maximum Gasteiger partial charge on any atom is 0.410 e. The number of likely N-dealkylation sites (tertiary alicyclic amines) is 1. The van der Waals surface area contributed by atoms with Gasteiger partial charge in [-0.05, 0) is 68.6 Å². The number of amides is 1. The van der Waals surface area contributed by atoms with Crippen LogP contribution >= 0.6 is 0 Å². The molecule has 0 atom stereocenters. The van der Waals surface area contributed by atoms with Crippen molar-refractivity contribution in [2.75, 3.05) is 19.8 Å².